The zero-order valence-electron chi connectivity index (χ0n) is 13.6. The van der Waals surface area contributed by atoms with Crippen LogP contribution < -0.4 is 10.5 Å². The first-order valence-corrected chi connectivity index (χ1v) is 7.68. The van der Waals surface area contributed by atoms with Crippen molar-refractivity contribution in [2.75, 3.05) is 19.4 Å². The summed E-state index contributed by atoms with van der Waals surface area (Å²) in [6, 6.07) is 6.51. The van der Waals surface area contributed by atoms with Gasteiger partial charge in [0, 0.05) is 30.4 Å². The number of ether oxygens (including phenoxy) is 1. The Morgan fingerprint density at radius 1 is 1.20 bits per heavy atom. The van der Waals surface area contributed by atoms with Crippen molar-refractivity contribution >= 4 is 5.69 Å². The van der Waals surface area contributed by atoms with Gasteiger partial charge in [-0.05, 0) is 37.0 Å². The molecule has 1 aromatic rings. The molecular weight excluding hydrogens is 248 g/mol. The first kappa shape index (κ1) is 16.8. The average Bonchev–Trinajstić information content (AvgIpc) is 2.39. The maximum atomic E-state index is 5.93. The number of nitrogen functional groups attached to an aromatic ring is 1. The fourth-order valence-electron chi connectivity index (χ4n) is 2.76. The highest BCUT2D eigenvalue weighted by Gasteiger charge is 2.18. The van der Waals surface area contributed by atoms with Gasteiger partial charge in [-0.2, -0.15) is 0 Å². The molecule has 0 aliphatic heterocycles. The van der Waals surface area contributed by atoms with Gasteiger partial charge in [0.25, 0.3) is 0 Å². The fraction of sp³-hybridized carbons (Fsp3) is 0.647. The molecule has 0 saturated heterocycles. The summed E-state index contributed by atoms with van der Waals surface area (Å²) in [6.45, 7) is 11.1. The molecular formula is C17H30N2O. The molecule has 0 aliphatic carbocycles. The first-order chi connectivity index (χ1) is 9.51. The number of nitrogens with two attached hydrogens (primary N) is 1. The second-order valence-corrected chi connectivity index (χ2v) is 5.86. The molecule has 0 fully saturated rings. The summed E-state index contributed by atoms with van der Waals surface area (Å²) >= 11 is 0. The largest absolute Gasteiger partial charge is 0.496 e. The summed E-state index contributed by atoms with van der Waals surface area (Å²) < 4.78 is 5.47. The summed E-state index contributed by atoms with van der Waals surface area (Å²) in [5.74, 6) is 1.58. The van der Waals surface area contributed by atoms with Crippen LogP contribution in [0.25, 0.3) is 0 Å². The Morgan fingerprint density at radius 2 is 1.85 bits per heavy atom. The van der Waals surface area contributed by atoms with Gasteiger partial charge in [0.2, 0.25) is 0 Å². The molecule has 0 atom stereocenters. The van der Waals surface area contributed by atoms with Crippen LogP contribution in [0.4, 0.5) is 5.69 Å². The minimum atomic E-state index is 0.614. The van der Waals surface area contributed by atoms with Gasteiger partial charge in [0.1, 0.15) is 5.75 Å². The molecule has 3 nitrogen and oxygen atoms in total. The molecule has 1 rings (SSSR count). The summed E-state index contributed by atoms with van der Waals surface area (Å²) in [6.07, 6.45) is 2.35. The van der Waals surface area contributed by atoms with Gasteiger partial charge in [0.05, 0.1) is 7.11 Å². The van der Waals surface area contributed by atoms with Crippen LogP contribution >= 0.6 is 0 Å². The number of hydrogen-bond acceptors (Lipinski definition) is 3. The van der Waals surface area contributed by atoms with Crippen molar-refractivity contribution in [3.63, 3.8) is 0 Å². The molecule has 0 amide bonds. The number of anilines is 1. The number of hydrogen-bond donors (Lipinski definition) is 1. The predicted octanol–water partition coefficient (Wildman–Crippen LogP) is 3.92. The SMILES string of the molecule is CCC(CC)N(Cc1cc(N)ccc1OC)CC(C)C. The van der Waals surface area contributed by atoms with Gasteiger partial charge in [-0.25, -0.2) is 0 Å². The molecule has 0 heterocycles. The lowest BCUT2D eigenvalue weighted by molar-refractivity contribution is 0.156. The molecule has 0 bridgehead atoms. The molecule has 1 aromatic carbocycles. The zero-order chi connectivity index (χ0) is 15.1. The van der Waals surface area contributed by atoms with Crippen molar-refractivity contribution in [3.05, 3.63) is 23.8 Å². The molecule has 0 unspecified atom stereocenters. The Labute approximate surface area is 124 Å². The number of nitrogens with zero attached hydrogens (tertiary/aromatic N) is 1. The zero-order valence-corrected chi connectivity index (χ0v) is 13.6. The molecule has 114 valence electrons. The van der Waals surface area contributed by atoms with Crippen molar-refractivity contribution in [1.82, 2.24) is 4.90 Å². The van der Waals surface area contributed by atoms with Crippen LogP contribution in [0.5, 0.6) is 5.75 Å². The van der Waals surface area contributed by atoms with E-state index in [2.05, 4.69) is 32.6 Å². The number of methoxy groups -OCH3 is 1. The average molecular weight is 278 g/mol. The lowest BCUT2D eigenvalue weighted by Gasteiger charge is -2.32. The van der Waals surface area contributed by atoms with E-state index in [0.717, 1.165) is 24.5 Å². The normalized spacial score (nSPS) is 11.6. The fourth-order valence-corrected chi connectivity index (χ4v) is 2.76. The van der Waals surface area contributed by atoms with Crippen molar-refractivity contribution < 1.29 is 4.74 Å². The van der Waals surface area contributed by atoms with E-state index in [9.17, 15) is 0 Å². The monoisotopic (exact) mass is 278 g/mol. The summed E-state index contributed by atoms with van der Waals surface area (Å²) in [7, 11) is 1.72. The van der Waals surface area contributed by atoms with Crippen LogP contribution in [0.3, 0.4) is 0 Å². The Kier molecular flexibility index (Phi) is 6.86. The molecule has 2 N–H and O–H groups in total. The van der Waals surface area contributed by atoms with Gasteiger partial charge in [-0.1, -0.05) is 27.7 Å². The second kappa shape index (κ2) is 8.15. The highest BCUT2D eigenvalue weighted by Crippen LogP contribution is 2.25. The van der Waals surface area contributed by atoms with Crippen LogP contribution in [0.15, 0.2) is 18.2 Å². The molecule has 0 saturated carbocycles. The number of rotatable bonds is 8. The maximum Gasteiger partial charge on any atom is 0.123 e. The third-order valence-electron chi connectivity index (χ3n) is 3.74. The lowest BCUT2D eigenvalue weighted by atomic mass is 10.1. The molecule has 0 aromatic heterocycles. The van der Waals surface area contributed by atoms with Gasteiger partial charge in [0.15, 0.2) is 0 Å². The third kappa shape index (κ3) is 4.71. The summed E-state index contributed by atoms with van der Waals surface area (Å²) in [4.78, 5) is 2.56. The quantitative estimate of drug-likeness (QED) is 0.732. The Balaban J connectivity index is 2.96. The first-order valence-electron chi connectivity index (χ1n) is 7.68. The third-order valence-corrected chi connectivity index (χ3v) is 3.74. The summed E-state index contributed by atoms with van der Waals surface area (Å²) in [5, 5.41) is 0. The lowest BCUT2D eigenvalue weighted by Crippen LogP contribution is -2.36. The molecule has 20 heavy (non-hydrogen) atoms. The van der Waals surface area contributed by atoms with Crippen LogP contribution in [0.2, 0.25) is 0 Å². The van der Waals surface area contributed by atoms with Gasteiger partial charge >= 0.3 is 0 Å². The maximum absolute atomic E-state index is 5.93. The second-order valence-electron chi connectivity index (χ2n) is 5.86. The van der Waals surface area contributed by atoms with E-state index < -0.39 is 0 Å². The highest BCUT2D eigenvalue weighted by atomic mass is 16.5. The van der Waals surface area contributed by atoms with Crippen molar-refractivity contribution in [2.24, 2.45) is 5.92 Å². The van der Waals surface area contributed by atoms with Crippen molar-refractivity contribution in [3.8, 4) is 5.75 Å². The van der Waals surface area contributed by atoms with E-state index in [0.29, 0.717) is 12.0 Å². The minimum absolute atomic E-state index is 0.614. The van der Waals surface area contributed by atoms with Gasteiger partial charge in [-0.15, -0.1) is 0 Å². The van der Waals surface area contributed by atoms with E-state index >= 15 is 0 Å². The molecule has 0 spiro atoms. The van der Waals surface area contributed by atoms with Crippen LogP contribution in [-0.2, 0) is 6.54 Å². The molecule has 0 aliphatic rings. The van der Waals surface area contributed by atoms with Crippen LogP contribution in [0.1, 0.15) is 46.1 Å². The van der Waals surface area contributed by atoms with Crippen LogP contribution in [-0.4, -0.2) is 24.6 Å². The molecule has 0 radical (unpaired) electrons. The van der Waals surface area contributed by atoms with E-state index in [1.54, 1.807) is 7.11 Å². The van der Waals surface area contributed by atoms with Crippen LogP contribution in [0, 0.1) is 5.92 Å². The van der Waals surface area contributed by atoms with Gasteiger partial charge in [-0.3, -0.25) is 4.90 Å². The van der Waals surface area contributed by atoms with Crippen molar-refractivity contribution in [1.29, 1.82) is 0 Å². The minimum Gasteiger partial charge on any atom is -0.496 e. The van der Waals surface area contributed by atoms with Crippen molar-refractivity contribution in [2.45, 2.75) is 53.1 Å². The highest BCUT2D eigenvalue weighted by molar-refractivity contribution is 5.47. The van der Waals surface area contributed by atoms with E-state index in [1.165, 1.54) is 18.4 Å². The van der Waals surface area contributed by atoms with E-state index in [-0.39, 0.29) is 0 Å². The number of benzene rings is 1. The Bertz CT molecular complexity index is 400. The molecule has 3 heteroatoms. The predicted molar refractivity (Wildman–Crippen MR) is 87.0 cm³/mol. The van der Waals surface area contributed by atoms with E-state index in [4.69, 9.17) is 10.5 Å². The van der Waals surface area contributed by atoms with E-state index in [1.807, 2.05) is 18.2 Å². The smallest absolute Gasteiger partial charge is 0.123 e. The Morgan fingerprint density at radius 3 is 2.35 bits per heavy atom. The topological polar surface area (TPSA) is 38.5 Å². The summed E-state index contributed by atoms with van der Waals surface area (Å²) in [5.41, 5.74) is 7.91. The Hall–Kier alpha value is -1.22. The van der Waals surface area contributed by atoms with Gasteiger partial charge < -0.3 is 10.5 Å². The standard InChI is InChI=1S/C17H30N2O/c1-6-16(7-2)19(11-13(3)4)12-14-10-15(18)8-9-17(14)20-5/h8-10,13,16H,6-7,11-12,18H2,1-5H3.